The second kappa shape index (κ2) is 4.35. The van der Waals surface area contributed by atoms with Crippen LogP contribution in [0.3, 0.4) is 0 Å². The summed E-state index contributed by atoms with van der Waals surface area (Å²) >= 11 is 0. The lowest BCUT2D eigenvalue weighted by Crippen LogP contribution is -2.27. The van der Waals surface area contributed by atoms with Gasteiger partial charge in [0.05, 0.1) is 5.56 Å². The standard InChI is InChI=1S/C14H13N3O2/c1-2-7-17-11-6-4-3-5-9(11)8-10-12(17)15-14(19)16-13(10)18/h3-6,8H,2,7H2,1H3,(H,16,18,19). The van der Waals surface area contributed by atoms with Gasteiger partial charge in [-0.05, 0) is 23.9 Å². The lowest BCUT2D eigenvalue weighted by molar-refractivity contribution is 0.689. The molecule has 0 atom stereocenters. The van der Waals surface area contributed by atoms with Crippen LogP contribution in [0.1, 0.15) is 13.3 Å². The van der Waals surface area contributed by atoms with Crippen molar-refractivity contribution in [1.29, 1.82) is 0 Å². The van der Waals surface area contributed by atoms with Crippen LogP contribution in [0, 0.1) is 0 Å². The first-order chi connectivity index (χ1) is 9.20. The van der Waals surface area contributed by atoms with E-state index in [9.17, 15) is 9.59 Å². The number of hydrogen-bond donors (Lipinski definition) is 1. The van der Waals surface area contributed by atoms with Crippen molar-refractivity contribution in [1.82, 2.24) is 14.5 Å². The largest absolute Gasteiger partial charge is 0.349 e. The molecule has 1 aromatic rings. The molecule has 3 rings (SSSR count). The van der Waals surface area contributed by atoms with E-state index in [1.54, 1.807) is 6.07 Å². The summed E-state index contributed by atoms with van der Waals surface area (Å²) in [6.45, 7) is 2.76. The molecule has 2 heterocycles. The predicted molar refractivity (Wildman–Crippen MR) is 73.5 cm³/mol. The minimum Gasteiger partial charge on any atom is -0.325 e. The van der Waals surface area contributed by atoms with Crippen molar-refractivity contribution in [3.8, 4) is 11.4 Å². The normalized spacial score (nSPS) is 11.2. The zero-order chi connectivity index (χ0) is 13.4. The first-order valence-electron chi connectivity index (χ1n) is 6.23. The van der Waals surface area contributed by atoms with Crippen molar-refractivity contribution in [2.45, 2.75) is 19.9 Å². The maximum Gasteiger partial charge on any atom is 0.349 e. The van der Waals surface area contributed by atoms with Crippen molar-refractivity contribution < 1.29 is 0 Å². The lowest BCUT2D eigenvalue weighted by atomic mass is 10.1. The molecule has 0 saturated heterocycles. The van der Waals surface area contributed by atoms with Crippen molar-refractivity contribution in [2.24, 2.45) is 0 Å². The number of rotatable bonds is 2. The molecule has 1 N–H and O–H groups in total. The maximum absolute atomic E-state index is 11.9. The third-order valence-electron chi connectivity index (χ3n) is 3.14. The smallest absolute Gasteiger partial charge is 0.325 e. The molecule has 96 valence electrons. The zero-order valence-corrected chi connectivity index (χ0v) is 10.5. The van der Waals surface area contributed by atoms with E-state index in [2.05, 4.69) is 9.97 Å². The number of aromatic nitrogens is 3. The molecule has 1 aromatic carbocycles. The first kappa shape index (κ1) is 11.6. The molecule has 0 unspecified atom stereocenters. The van der Waals surface area contributed by atoms with Gasteiger partial charge in [-0.1, -0.05) is 25.1 Å². The fourth-order valence-electron chi connectivity index (χ4n) is 2.36. The van der Waals surface area contributed by atoms with Crippen LogP contribution < -0.4 is 11.2 Å². The maximum atomic E-state index is 11.9. The average molecular weight is 255 g/mol. The summed E-state index contributed by atoms with van der Waals surface area (Å²) in [7, 11) is 0. The van der Waals surface area contributed by atoms with Crippen LogP contribution >= 0.6 is 0 Å². The van der Waals surface area contributed by atoms with Crippen LogP contribution in [0.4, 0.5) is 0 Å². The number of hydrogen-bond acceptors (Lipinski definition) is 3. The zero-order valence-electron chi connectivity index (χ0n) is 10.5. The van der Waals surface area contributed by atoms with Gasteiger partial charge < -0.3 is 4.57 Å². The number of para-hydroxylation sites is 1. The fourth-order valence-corrected chi connectivity index (χ4v) is 2.36. The topological polar surface area (TPSA) is 67.8 Å². The minimum atomic E-state index is -0.599. The van der Waals surface area contributed by atoms with Crippen LogP contribution in [0.15, 0.2) is 39.9 Å². The number of pyridine rings is 1. The monoisotopic (exact) mass is 255 g/mol. The van der Waals surface area contributed by atoms with Crippen molar-refractivity contribution >= 4 is 10.9 Å². The highest BCUT2D eigenvalue weighted by molar-refractivity contribution is 5.85. The number of aryl methyl sites for hydroxylation is 1. The molecule has 0 spiro atoms. The van der Waals surface area contributed by atoms with Gasteiger partial charge in [-0.2, -0.15) is 4.98 Å². The summed E-state index contributed by atoms with van der Waals surface area (Å²) < 4.78 is 1.93. The highest BCUT2D eigenvalue weighted by Crippen LogP contribution is 2.23. The van der Waals surface area contributed by atoms with E-state index >= 15 is 0 Å². The minimum absolute atomic E-state index is 0.384. The Balaban J connectivity index is 2.54. The van der Waals surface area contributed by atoms with Gasteiger partial charge in [0.15, 0.2) is 5.82 Å². The summed E-state index contributed by atoms with van der Waals surface area (Å²) in [6, 6.07) is 9.56. The molecular weight excluding hydrogens is 242 g/mol. The van der Waals surface area contributed by atoms with Crippen LogP contribution in [-0.2, 0) is 6.54 Å². The highest BCUT2D eigenvalue weighted by atomic mass is 16.2. The molecular formula is C14H13N3O2. The SMILES string of the molecule is CCCn1c2nc(=O)[nH]c(=O)c-2cc2ccccc21. The number of nitrogens with one attached hydrogen (secondary N) is 1. The van der Waals surface area contributed by atoms with Gasteiger partial charge in [-0.15, -0.1) is 0 Å². The van der Waals surface area contributed by atoms with Crippen molar-refractivity contribution in [2.75, 3.05) is 0 Å². The molecule has 5 nitrogen and oxygen atoms in total. The summed E-state index contributed by atoms with van der Waals surface area (Å²) in [5, 5.41) is 0.967. The molecule has 0 fully saturated rings. The molecule has 0 radical (unpaired) electrons. The Bertz CT molecular complexity index is 832. The second-order valence-electron chi connectivity index (χ2n) is 4.46. The van der Waals surface area contributed by atoms with E-state index < -0.39 is 5.69 Å². The third kappa shape index (κ3) is 1.83. The molecule has 0 saturated carbocycles. The number of H-pyrrole nitrogens is 1. The number of fused-ring (bicyclic) bond motifs is 2. The Labute approximate surface area is 108 Å². The van der Waals surface area contributed by atoms with Gasteiger partial charge in [-0.3, -0.25) is 9.78 Å². The van der Waals surface area contributed by atoms with Crippen LogP contribution in [0.2, 0.25) is 0 Å². The van der Waals surface area contributed by atoms with Gasteiger partial charge in [0.25, 0.3) is 5.56 Å². The van der Waals surface area contributed by atoms with Gasteiger partial charge >= 0.3 is 5.69 Å². The Morgan fingerprint density at radius 3 is 2.84 bits per heavy atom. The summed E-state index contributed by atoms with van der Waals surface area (Å²) in [6.07, 6.45) is 0.899. The molecule has 2 aliphatic heterocycles. The van der Waals surface area contributed by atoms with Crippen LogP contribution in [-0.4, -0.2) is 14.5 Å². The van der Waals surface area contributed by atoms with E-state index in [-0.39, 0.29) is 5.56 Å². The molecule has 19 heavy (non-hydrogen) atoms. The third-order valence-corrected chi connectivity index (χ3v) is 3.14. The molecule has 5 heteroatoms. The van der Waals surface area contributed by atoms with Crippen LogP contribution in [0.5, 0.6) is 0 Å². The van der Waals surface area contributed by atoms with Gasteiger partial charge in [0.1, 0.15) is 0 Å². The fraction of sp³-hybridized carbons (Fsp3) is 0.214. The van der Waals surface area contributed by atoms with Crippen molar-refractivity contribution in [3.63, 3.8) is 0 Å². The highest BCUT2D eigenvalue weighted by Gasteiger charge is 2.15. The molecule has 0 aromatic heterocycles. The van der Waals surface area contributed by atoms with E-state index in [1.165, 1.54) is 0 Å². The Kier molecular flexibility index (Phi) is 2.67. The Hall–Kier alpha value is -2.43. The number of aromatic amines is 1. The molecule has 0 bridgehead atoms. The summed E-state index contributed by atoms with van der Waals surface area (Å²) in [4.78, 5) is 29.5. The molecule has 0 amide bonds. The summed E-state index contributed by atoms with van der Waals surface area (Å²) in [5.74, 6) is 0.453. The predicted octanol–water partition coefficient (Wildman–Crippen LogP) is 1.60. The van der Waals surface area contributed by atoms with Crippen molar-refractivity contribution in [3.05, 3.63) is 51.2 Å². The van der Waals surface area contributed by atoms with E-state index in [4.69, 9.17) is 0 Å². The lowest BCUT2D eigenvalue weighted by Gasteiger charge is -2.16. The molecule has 0 aliphatic carbocycles. The van der Waals surface area contributed by atoms with E-state index in [0.717, 1.165) is 17.3 Å². The van der Waals surface area contributed by atoms with E-state index in [0.29, 0.717) is 17.9 Å². The van der Waals surface area contributed by atoms with E-state index in [1.807, 2.05) is 35.8 Å². The Morgan fingerprint density at radius 2 is 2.05 bits per heavy atom. The first-order valence-corrected chi connectivity index (χ1v) is 6.23. The summed E-state index contributed by atoms with van der Waals surface area (Å²) in [5.41, 5.74) is 0.448. The second-order valence-corrected chi connectivity index (χ2v) is 4.46. The number of nitrogens with zero attached hydrogens (tertiary/aromatic N) is 2. The quantitative estimate of drug-likeness (QED) is 0.707. The Morgan fingerprint density at radius 1 is 1.26 bits per heavy atom. The molecule has 2 aliphatic rings. The van der Waals surface area contributed by atoms with Gasteiger partial charge in [0, 0.05) is 12.1 Å². The van der Waals surface area contributed by atoms with Gasteiger partial charge in [0.2, 0.25) is 0 Å². The number of benzene rings is 1. The average Bonchev–Trinajstić information content (AvgIpc) is 2.40. The van der Waals surface area contributed by atoms with Gasteiger partial charge in [-0.25, -0.2) is 4.79 Å². The van der Waals surface area contributed by atoms with Crippen LogP contribution in [0.25, 0.3) is 22.3 Å².